The van der Waals surface area contributed by atoms with Gasteiger partial charge in [-0.05, 0) is 41.0 Å². The van der Waals surface area contributed by atoms with Crippen molar-refractivity contribution in [3.8, 4) is 0 Å². The highest BCUT2D eigenvalue weighted by molar-refractivity contribution is 6.30. The number of rotatable bonds is 6. The molecule has 178 valence electrons. The Labute approximate surface area is 205 Å². The van der Waals surface area contributed by atoms with E-state index in [2.05, 4.69) is 19.2 Å². The predicted octanol–water partition coefficient (Wildman–Crippen LogP) is 5.52. The van der Waals surface area contributed by atoms with Crippen molar-refractivity contribution < 1.29 is 14.3 Å². The third-order valence-electron chi connectivity index (χ3n) is 5.82. The van der Waals surface area contributed by atoms with E-state index in [0.29, 0.717) is 55.0 Å². The predicted molar refractivity (Wildman–Crippen MR) is 136 cm³/mol. The number of carbonyl (C=O) groups excluding carboxylic acids is 2. The maximum absolute atomic E-state index is 13.6. The zero-order valence-electron chi connectivity index (χ0n) is 19.5. The number of carbonyl (C=O) groups is 2. The van der Waals surface area contributed by atoms with Gasteiger partial charge >= 0.3 is 6.03 Å². The first-order valence-electron chi connectivity index (χ1n) is 11.6. The molecule has 0 aliphatic carbocycles. The Kier molecular flexibility index (Phi) is 7.70. The number of fused-ring (bicyclic) bond motifs is 1. The highest BCUT2D eigenvalue weighted by Gasteiger charge is 2.29. The normalized spacial score (nSPS) is 16.0. The van der Waals surface area contributed by atoms with Crippen molar-refractivity contribution in [3.05, 3.63) is 77.3 Å². The minimum Gasteiger partial charge on any atom is -0.373 e. The highest BCUT2D eigenvalue weighted by Crippen LogP contribution is 2.22. The van der Waals surface area contributed by atoms with Crippen LogP contribution in [0.15, 0.2) is 66.7 Å². The van der Waals surface area contributed by atoms with Crippen molar-refractivity contribution in [2.75, 3.05) is 38.1 Å². The molecule has 0 aromatic heterocycles. The molecule has 0 saturated carbocycles. The summed E-state index contributed by atoms with van der Waals surface area (Å²) in [5, 5.41) is 5.44. The standard InChI is InChI=1S/C27H30ClN3O3/c1-19(2)16-31(26(32)25-12-5-8-20-7-3-4-11-24(20)25)18-23-17-30(13-14-34-23)27(33)29-22-10-6-9-21(28)15-22/h3-12,15,19,23H,13-14,16-18H2,1-2H3,(H,29,33). The van der Waals surface area contributed by atoms with E-state index in [1.54, 1.807) is 29.2 Å². The molecule has 0 bridgehead atoms. The fraction of sp³-hybridized carbons (Fsp3) is 0.333. The molecular formula is C27H30ClN3O3. The minimum atomic E-state index is -0.267. The van der Waals surface area contributed by atoms with Crippen molar-refractivity contribution in [3.63, 3.8) is 0 Å². The number of urea groups is 1. The van der Waals surface area contributed by atoms with E-state index in [4.69, 9.17) is 16.3 Å². The summed E-state index contributed by atoms with van der Waals surface area (Å²) < 4.78 is 5.98. The molecule has 3 aromatic carbocycles. The highest BCUT2D eigenvalue weighted by atomic mass is 35.5. The lowest BCUT2D eigenvalue weighted by molar-refractivity contribution is -0.0272. The largest absolute Gasteiger partial charge is 0.373 e. The number of amides is 3. The summed E-state index contributed by atoms with van der Waals surface area (Å²) in [4.78, 5) is 30.0. The summed E-state index contributed by atoms with van der Waals surface area (Å²) in [6.45, 7) is 6.53. The van der Waals surface area contributed by atoms with Crippen LogP contribution in [0.1, 0.15) is 24.2 Å². The number of anilines is 1. The van der Waals surface area contributed by atoms with Crippen LogP contribution < -0.4 is 5.32 Å². The Hall–Kier alpha value is -3.09. The van der Waals surface area contributed by atoms with Crippen molar-refractivity contribution in [1.29, 1.82) is 0 Å². The number of ether oxygens (including phenoxy) is 1. The molecule has 1 heterocycles. The van der Waals surface area contributed by atoms with Crippen LogP contribution in [0.5, 0.6) is 0 Å². The van der Waals surface area contributed by atoms with Gasteiger partial charge < -0.3 is 19.9 Å². The van der Waals surface area contributed by atoms with Gasteiger partial charge in [-0.25, -0.2) is 4.79 Å². The van der Waals surface area contributed by atoms with Gasteiger partial charge in [0.1, 0.15) is 0 Å². The van der Waals surface area contributed by atoms with Gasteiger partial charge in [-0.15, -0.1) is 0 Å². The van der Waals surface area contributed by atoms with Crippen LogP contribution in [0.3, 0.4) is 0 Å². The molecule has 1 atom stereocenters. The number of morpholine rings is 1. The van der Waals surface area contributed by atoms with Crippen LogP contribution in [-0.2, 0) is 4.74 Å². The van der Waals surface area contributed by atoms with Crippen LogP contribution in [-0.4, -0.2) is 60.6 Å². The van der Waals surface area contributed by atoms with E-state index in [1.165, 1.54) is 0 Å². The molecule has 3 aromatic rings. The third-order valence-corrected chi connectivity index (χ3v) is 6.05. The lowest BCUT2D eigenvalue weighted by Crippen LogP contribution is -2.52. The molecule has 6 nitrogen and oxygen atoms in total. The number of hydrogen-bond acceptors (Lipinski definition) is 3. The molecule has 1 aliphatic rings. The minimum absolute atomic E-state index is 0.0189. The maximum Gasteiger partial charge on any atom is 0.322 e. The average molecular weight is 480 g/mol. The molecule has 3 amide bonds. The fourth-order valence-corrected chi connectivity index (χ4v) is 4.48. The number of halogens is 1. The number of nitrogens with zero attached hydrogens (tertiary/aromatic N) is 2. The zero-order chi connectivity index (χ0) is 24.1. The van der Waals surface area contributed by atoms with E-state index in [0.717, 1.165) is 10.8 Å². The molecule has 1 fully saturated rings. The Bertz CT molecular complexity index is 1160. The first-order chi connectivity index (χ1) is 16.4. The Balaban J connectivity index is 1.47. The molecule has 0 spiro atoms. The van der Waals surface area contributed by atoms with Gasteiger partial charge in [-0.2, -0.15) is 0 Å². The van der Waals surface area contributed by atoms with Crippen molar-refractivity contribution in [1.82, 2.24) is 9.80 Å². The van der Waals surface area contributed by atoms with Gasteiger partial charge in [0.15, 0.2) is 0 Å². The van der Waals surface area contributed by atoms with Crippen molar-refractivity contribution in [2.45, 2.75) is 20.0 Å². The van der Waals surface area contributed by atoms with Gasteiger partial charge in [-0.1, -0.05) is 67.9 Å². The summed E-state index contributed by atoms with van der Waals surface area (Å²) in [7, 11) is 0. The molecule has 1 N–H and O–H groups in total. The smallest absolute Gasteiger partial charge is 0.322 e. The third kappa shape index (κ3) is 5.88. The van der Waals surface area contributed by atoms with Crippen molar-refractivity contribution in [2.24, 2.45) is 5.92 Å². The zero-order valence-corrected chi connectivity index (χ0v) is 20.3. The van der Waals surface area contributed by atoms with Crippen LogP contribution in [0.4, 0.5) is 10.5 Å². The number of benzene rings is 3. The second kappa shape index (κ2) is 10.9. The number of nitrogens with one attached hydrogen (secondary N) is 1. The Morgan fingerprint density at radius 2 is 1.88 bits per heavy atom. The van der Waals surface area contributed by atoms with Gasteiger partial charge in [0.25, 0.3) is 5.91 Å². The first kappa shape index (κ1) is 24.0. The summed E-state index contributed by atoms with van der Waals surface area (Å²) in [5.41, 5.74) is 1.33. The summed E-state index contributed by atoms with van der Waals surface area (Å²) in [6.07, 6.45) is -0.267. The molecular weight excluding hydrogens is 450 g/mol. The van der Waals surface area contributed by atoms with E-state index >= 15 is 0 Å². The average Bonchev–Trinajstić information content (AvgIpc) is 2.83. The SMILES string of the molecule is CC(C)CN(CC1CN(C(=O)Nc2cccc(Cl)c2)CCO1)C(=O)c1cccc2ccccc12. The lowest BCUT2D eigenvalue weighted by Gasteiger charge is -2.36. The lowest BCUT2D eigenvalue weighted by atomic mass is 10.0. The van der Waals surface area contributed by atoms with E-state index in [1.807, 2.05) is 47.4 Å². The molecule has 1 aliphatic heterocycles. The van der Waals surface area contributed by atoms with Crippen LogP contribution in [0.25, 0.3) is 10.8 Å². The van der Waals surface area contributed by atoms with E-state index < -0.39 is 0 Å². The van der Waals surface area contributed by atoms with Crippen LogP contribution >= 0.6 is 11.6 Å². The van der Waals surface area contributed by atoms with Gasteiger partial charge in [-0.3, -0.25) is 4.79 Å². The molecule has 1 saturated heterocycles. The molecule has 0 radical (unpaired) electrons. The monoisotopic (exact) mass is 479 g/mol. The second-order valence-electron chi connectivity index (χ2n) is 9.01. The number of hydrogen-bond donors (Lipinski definition) is 1. The van der Waals surface area contributed by atoms with Crippen LogP contribution in [0, 0.1) is 5.92 Å². The fourth-order valence-electron chi connectivity index (χ4n) is 4.29. The Morgan fingerprint density at radius 1 is 1.12 bits per heavy atom. The second-order valence-corrected chi connectivity index (χ2v) is 9.45. The first-order valence-corrected chi connectivity index (χ1v) is 12.0. The Morgan fingerprint density at radius 3 is 2.68 bits per heavy atom. The molecule has 4 rings (SSSR count). The van der Waals surface area contributed by atoms with Crippen molar-refractivity contribution >= 4 is 40.0 Å². The molecule has 7 heteroatoms. The quantitative estimate of drug-likeness (QED) is 0.506. The van der Waals surface area contributed by atoms with Gasteiger partial charge in [0.05, 0.1) is 19.3 Å². The molecule has 34 heavy (non-hydrogen) atoms. The van der Waals surface area contributed by atoms with E-state index in [9.17, 15) is 9.59 Å². The summed E-state index contributed by atoms with van der Waals surface area (Å²) >= 11 is 6.03. The molecule has 1 unspecified atom stereocenters. The van der Waals surface area contributed by atoms with Gasteiger partial charge in [0.2, 0.25) is 0 Å². The summed E-state index contributed by atoms with van der Waals surface area (Å²) in [5.74, 6) is 0.277. The maximum atomic E-state index is 13.6. The van der Waals surface area contributed by atoms with Gasteiger partial charge in [0, 0.05) is 35.9 Å². The van der Waals surface area contributed by atoms with E-state index in [-0.39, 0.29) is 18.0 Å². The topological polar surface area (TPSA) is 61.9 Å². The van der Waals surface area contributed by atoms with Crippen LogP contribution in [0.2, 0.25) is 5.02 Å². The summed E-state index contributed by atoms with van der Waals surface area (Å²) in [6, 6.07) is 20.6.